The molecule has 0 spiro atoms. The van der Waals surface area contributed by atoms with Gasteiger partial charge in [-0.3, -0.25) is 5.26 Å². The molecule has 0 radical (unpaired) electrons. The highest BCUT2D eigenvalue weighted by molar-refractivity contribution is 5.15. The van der Waals surface area contributed by atoms with Crippen molar-refractivity contribution in [2.45, 2.75) is 12.8 Å². The highest BCUT2D eigenvalue weighted by atomic mass is 17.1. The summed E-state index contributed by atoms with van der Waals surface area (Å²) in [5.41, 5.74) is 1.34. The average Bonchev–Trinajstić information content (AvgIpc) is 2.26. The molecule has 0 fully saturated rings. The van der Waals surface area contributed by atoms with Gasteiger partial charge in [-0.15, -0.1) is 0 Å². The van der Waals surface area contributed by atoms with Gasteiger partial charge in [-0.2, -0.15) is 0 Å². The van der Waals surface area contributed by atoms with Crippen LogP contribution in [0.1, 0.15) is 12.0 Å². The molecule has 1 rings (SSSR count). The largest absolute Gasteiger partial charge is 0.309 e. The summed E-state index contributed by atoms with van der Waals surface area (Å²) in [6.07, 6.45) is 1.91. The van der Waals surface area contributed by atoms with E-state index in [0.29, 0.717) is 12.5 Å². The van der Waals surface area contributed by atoms with Crippen LogP contribution < -0.4 is 0 Å². The maximum atomic E-state index is 8.40. The first kappa shape index (κ1) is 13.2. The lowest BCUT2D eigenvalue weighted by Gasteiger charge is -2.20. The Kier molecular flexibility index (Phi) is 6.08. The van der Waals surface area contributed by atoms with Crippen LogP contribution in [-0.2, 0) is 11.3 Å². The van der Waals surface area contributed by atoms with E-state index in [9.17, 15) is 0 Å². The molecular weight excluding hydrogens is 202 g/mol. The van der Waals surface area contributed by atoms with Crippen LogP contribution in [-0.4, -0.2) is 37.4 Å². The smallest absolute Gasteiger partial charge is 0.0823 e. The summed E-state index contributed by atoms with van der Waals surface area (Å²) in [6.45, 7) is 1.42. The first-order chi connectivity index (χ1) is 7.72. The van der Waals surface area contributed by atoms with Gasteiger partial charge in [0.25, 0.3) is 0 Å². The van der Waals surface area contributed by atoms with Crippen molar-refractivity contribution in [1.29, 1.82) is 0 Å². The maximum absolute atomic E-state index is 8.40. The van der Waals surface area contributed by atoms with Crippen LogP contribution >= 0.6 is 0 Å². The Morgan fingerprint density at radius 3 is 2.50 bits per heavy atom. The van der Waals surface area contributed by atoms with Crippen molar-refractivity contribution in [3.63, 3.8) is 0 Å². The number of benzene rings is 1. The third kappa shape index (κ3) is 5.26. The van der Waals surface area contributed by atoms with Crippen LogP contribution in [0.15, 0.2) is 30.3 Å². The van der Waals surface area contributed by atoms with Crippen LogP contribution in [0.2, 0.25) is 0 Å². The van der Waals surface area contributed by atoms with Gasteiger partial charge in [0, 0.05) is 6.54 Å². The topological polar surface area (TPSA) is 32.7 Å². The minimum Gasteiger partial charge on any atom is -0.309 e. The second-order valence-electron chi connectivity index (χ2n) is 4.44. The Balaban J connectivity index is 2.49. The molecule has 0 amide bonds. The van der Waals surface area contributed by atoms with Crippen LogP contribution in [0.25, 0.3) is 0 Å². The second-order valence-corrected chi connectivity index (χ2v) is 4.44. The molecule has 0 aliphatic rings. The van der Waals surface area contributed by atoms with Crippen LogP contribution in [0.4, 0.5) is 0 Å². The monoisotopic (exact) mass is 223 g/mol. The van der Waals surface area contributed by atoms with Crippen LogP contribution in [0, 0.1) is 5.92 Å². The number of hydrogen-bond acceptors (Lipinski definition) is 3. The lowest BCUT2D eigenvalue weighted by molar-refractivity contribution is -0.244. The Labute approximate surface area is 97.6 Å². The van der Waals surface area contributed by atoms with Gasteiger partial charge < -0.3 is 4.90 Å². The standard InChI is InChI=1S/C13H21NO2/c1-14(2)11-13(8-9-16-15)10-12-6-4-3-5-7-12/h3-7,13,15H,8-11H2,1-2H3. The summed E-state index contributed by atoms with van der Waals surface area (Å²) in [6, 6.07) is 10.4. The molecule has 0 aliphatic heterocycles. The zero-order valence-electron chi connectivity index (χ0n) is 10.1. The third-order valence-electron chi connectivity index (χ3n) is 2.61. The molecule has 0 bridgehead atoms. The van der Waals surface area contributed by atoms with Crippen molar-refractivity contribution in [3.05, 3.63) is 35.9 Å². The fraction of sp³-hybridized carbons (Fsp3) is 0.538. The molecule has 1 N–H and O–H groups in total. The molecule has 16 heavy (non-hydrogen) atoms. The van der Waals surface area contributed by atoms with Gasteiger partial charge in [0.1, 0.15) is 0 Å². The highest BCUT2D eigenvalue weighted by Crippen LogP contribution is 2.13. The Morgan fingerprint density at radius 1 is 1.25 bits per heavy atom. The summed E-state index contributed by atoms with van der Waals surface area (Å²) in [5, 5.41) is 8.40. The minimum atomic E-state index is 0.408. The summed E-state index contributed by atoms with van der Waals surface area (Å²) in [5.74, 6) is 0.518. The van der Waals surface area contributed by atoms with E-state index in [1.54, 1.807) is 0 Å². The van der Waals surface area contributed by atoms with Crippen molar-refractivity contribution >= 4 is 0 Å². The molecular formula is C13H21NO2. The number of hydrogen-bond donors (Lipinski definition) is 1. The second kappa shape index (κ2) is 7.39. The van der Waals surface area contributed by atoms with E-state index in [1.165, 1.54) is 5.56 Å². The molecule has 90 valence electrons. The SMILES string of the molecule is CN(C)CC(CCOO)Cc1ccccc1. The first-order valence-corrected chi connectivity index (χ1v) is 5.67. The lowest BCUT2D eigenvalue weighted by atomic mass is 9.96. The Hall–Kier alpha value is -0.900. The van der Waals surface area contributed by atoms with Gasteiger partial charge in [-0.1, -0.05) is 30.3 Å². The van der Waals surface area contributed by atoms with Crippen molar-refractivity contribution in [2.75, 3.05) is 27.2 Å². The van der Waals surface area contributed by atoms with Gasteiger partial charge >= 0.3 is 0 Å². The van der Waals surface area contributed by atoms with Crippen molar-refractivity contribution < 1.29 is 10.1 Å². The zero-order valence-corrected chi connectivity index (χ0v) is 10.1. The Morgan fingerprint density at radius 2 is 1.94 bits per heavy atom. The van der Waals surface area contributed by atoms with Gasteiger partial charge in [0.15, 0.2) is 0 Å². The number of rotatable bonds is 7. The van der Waals surface area contributed by atoms with E-state index >= 15 is 0 Å². The van der Waals surface area contributed by atoms with E-state index in [0.717, 1.165) is 19.4 Å². The van der Waals surface area contributed by atoms with Crippen molar-refractivity contribution in [2.24, 2.45) is 5.92 Å². The van der Waals surface area contributed by atoms with Crippen molar-refractivity contribution in [1.82, 2.24) is 4.90 Å². The van der Waals surface area contributed by atoms with E-state index < -0.39 is 0 Å². The highest BCUT2D eigenvalue weighted by Gasteiger charge is 2.10. The summed E-state index contributed by atoms with van der Waals surface area (Å²) in [4.78, 5) is 6.34. The number of nitrogens with zero attached hydrogens (tertiary/aromatic N) is 1. The van der Waals surface area contributed by atoms with E-state index in [2.05, 4.69) is 48.1 Å². The predicted molar refractivity (Wildman–Crippen MR) is 65.4 cm³/mol. The lowest BCUT2D eigenvalue weighted by Crippen LogP contribution is -2.24. The van der Waals surface area contributed by atoms with Crippen LogP contribution in [0.5, 0.6) is 0 Å². The first-order valence-electron chi connectivity index (χ1n) is 5.67. The molecule has 3 heteroatoms. The Bertz CT molecular complexity index is 275. The molecule has 1 unspecified atom stereocenters. The molecule has 3 nitrogen and oxygen atoms in total. The van der Waals surface area contributed by atoms with Gasteiger partial charge in [-0.05, 0) is 38.4 Å². The van der Waals surface area contributed by atoms with E-state index in [4.69, 9.17) is 5.26 Å². The molecule has 0 aliphatic carbocycles. The third-order valence-corrected chi connectivity index (χ3v) is 2.61. The summed E-state index contributed by atoms with van der Waals surface area (Å²) >= 11 is 0. The molecule has 0 heterocycles. The minimum absolute atomic E-state index is 0.408. The maximum Gasteiger partial charge on any atom is 0.0823 e. The van der Waals surface area contributed by atoms with E-state index in [1.807, 2.05) is 6.07 Å². The van der Waals surface area contributed by atoms with Crippen molar-refractivity contribution in [3.8, 4) is 0 Å². The molecule has 0 aromatic heterocycles. The predicted octanol–water partition coefficient (Wildman–Crippen LogP) is 2.29. The molecule has 0 saturated carbocycles. The van der Waals surface area contributed by atoms with Crippen LogP contribution in [0.3, 0.4) is 0 Å². The molecule has 1 atom stereocenters. The van der Waals surface area contributed by atoms with Gasteiger partial charge in [-0.25, -0.2) is 4.89 Å². The van der Waals surface area contributed by atoms with Gasteiger partial charge in [0.05, 0.1) is 6.61 Å². The fourth-order valence-corrected chi connectivity index (χ4v) is 1.94. The quantitative estimate of drug-likeness (QED) is 0.568. The summed E-state index contributed by atoms with van der Waals surface area (Å²) < 4.78 is 0. The van der Waals surface area contributed by atoms with Gasteiger partial charge in [0.2, 0.25) is 0 Å². The molecule has 1 aromatic carbocycles. The average molecular weight is 223 g/mol. The molecule has 0 saturated heterocycles. The normalized spacial score (nSPS) is 13.0. The zero-order chi connectivity index (χ0) is 11.8. The fourth-order valence-electron chi connectivity index (χ4n) is 1.94. The summed E-state index contributed by atoms with van der Waals surface area (Å²) in [7, 11) is 4.13. The van der Waals surface area contributed by atoms with E-state index in [-0.39, 0.29) is 0 Å². The molecule has 1 aromatic rings.